The van der Waals surface area contributed by atoms with Gasteiger partial charge in [0.1, 0.15) is 11.6 Å². The van der Waals surface area contributed by atoms with E-state index in [-0.39, 0.29) is 17.2 Å². The van der Waals surface area contributed by atoms with Crippen molar-refractivity contribution in [2.45, 2.75) is 32.2 Å². The van der Waals surface area contributed by atoms with Gasteiger partial charge in [0, 0.05) is 12.1 Å². The summed E-state index contributed by atoms with van der Waals surface area (Å²) in [6.45, 7) is 1.45. The van der Waals surface area contributed by atoms with Crippen LogP contribution in [0.15, 0.2) is 12.1 Å². The van der Waals surface area contributed by atoms with Crippen LogP contribution >= 0.6 is 0 Å². The van der Waals surface area contributed by atoms with Gasteiger partial charge in [0.05, 0.1) is 11.5 Å². The zero-order valence-corrected chi connectivity index (χ0v) is 11.0. The lowest BCUT2D eigenvalue weighted by atomic mass is 10.1. The third-order valence-electron chi connectivity index (χ3n) is 3.61. The van der Waals surface area contributed by atoms with Gasteiger partial charge in [-0.3, -0.25) is 9.59 Å². The summed E-state index contributed by atoms with van der Waals surface area (Å²) in [6.07, 6.45) is 1.37. The smallest absolute Gasteiger partial charge is 0.306 e. The van der Waals surface area contributed by atoms with E-state index < -0.39 is 29.4 Å². The molecule has 2 atom stereocenters. The summed E-state index contributed by atoms with van der Waals surface area (Å²) in [5, 5.41) is 11.5. The largest absolute Gasteiger partial charge is 0.481 e. The number of carboxylic acids is 1. The van der Waals surface area contributed by atoms with E-state index in [1.165, 1.54) is 6.92 Å². The van der Waals surface area contributed by atoms with Gasteiger partial charge in [-0.15, -0.1) is 0 Å². The molecule has 1 amide bonds. The van der Waals surface area contributed by atoms with E-state index >= 15 is 0 Å². The van der Waals surface area contributed by atoms with Crippen molar-refractivity contribution in [1.82, 2.24) is 5.32 Å². The maximum absolute atomic E-state index is 13.6. The number of aryl methyl sites for hydroxylation is 1. The number of carbonyl (C=O) groups excluding carboxylic acids is 1. The van der Waals surface area contributed by atoms with Gasteiger partial charge in [0.2, 0.25) is 0 Å². The number of halogens is 2. The summed E-state index contributed by atoms with van der Waals surface area (Å²) in [6, 6.07) is 1.55. The van der Waals surface area contributed by atoms with Crippen molar-refractivity contribution in [1.29, 1.82) is 0 Å². The van der Waals surface area contributed by atoms with E-state index in [9.17, 15) is 18.4 Å². The number of nitrogens with one attached hydrogen (secondary N) is 1. The van der Waals surface area contributed by atoms with Gasteiger partial charge in [-0.05, 0) is 37.8 Å². The number of rotatable bonds is 3. The Morgan fingerprint density at radius 3 is 2.55 bits per heavy atom. The summed E-state index contributed by atoms with van der Waals surface area (Å²) in [5.74, 6) is -3.61. The van der Waals surface area contributed by atoms with E-state index in [1.54, 1.807) is 0 Å². The number of hydrogen-bond donors (Lipinski definition) is 2. The third kappa shape index (κ3) is 2.95. The third-order valence-corrected chi connectivity index (χ3v) is 3.61. The van der Waals surface area contributed by atoms with Crippen molar-refractivity contribution in [3.8, 4) is 0 Å². The number of carboxylic acid groups (broad SMARTS) is 1. The summed E-state index contributed by atoms with van der Waals surface area (Å²) in [5.41, 5.74) is -0.0333. The molecule has 1 saturated carbocycles. The monoisotopic (exact) mass is 283 g/mol. The SMILES string of the molecule is Cc1cc(C(=O)NC2CCC(C(=O)O)C2)c(F)cc1F. The summed E-state index contributed by atoms with van der Waals surface area (Å²) in [4.78, 5) is 22.8. The number of aliphatic carboxylic acids is 1. The van der Waals surface area contributed by atoms with Crippen LogP contribution in [0.1, 0.15) is 35.2 Å². The van der Waals surface area contributed by atoms with E-state index in [1.807, 2.05) is 0 Å². The Morgan fingerprint density at radius 2 is 1.95 bits per heavy atom. The number of amides is 1. The molecule has 1 fully saturated rings. The van der Waals surface area contributed by atoms with Crippen LogP contribution in [0, 0.1) is 24.5 Å². The zero-order valence-electron chi connectivity index (χ0n) is 11.0. The Labute approximate surface area is 114 Å². The van der Waals surface area contributed by atoms with Crippen LogP contribution < -0.4 is 5.32 Å². The fourth-order valence-electron chi connectivity index (χ4n) is 2.43. The van der Waals surface area contributed by atoms with Crippen molar-refractivity contribution in [2.24, 2.45) is 5.92 Å². The molecule has 0 bridgehead atoms. The van der Waals surface area contributed by atoms with Crippen LogP contribution in [0.3, 0.4) is 0 Å². The molecular formula is C14H15F2NO3. The number of carbonyl (C=O) groups is 2. The van der Waals surface area contributed by atoms with Crippen molar-refractivity contribution in [2.75, 3.05) is 0 Å². The fourth-order valence-corrected chi connectivity index (χ4v) is 2.43. The number of benzene rings is 1. The molecule has 2 N–H and O–H groups in total. The highest BCUT2D eigenvalue weighted by Gasteiger charge is 2.31. The van der Waals surface area contributed by atoms with Crippen LogP contribution in [0.4, 0.5) is 8.78 Å². The predicted molar refractivity (Wildman–Crippen MR) is 67.3 cm³/mol. The lowest BCUT2D eigenvalue weighted by Crippen LogP contribution is -2.34. The lowest BCUT2D eigenvalue weighted by Gasteiger charge is -2.13. The minimum Gasteiger partial charge on any atom is -0.481 e. The molecule has 2 rings (SSSR count). The van der Waals surface area contributed by atoms with Crippen LogP contribution in [0.2, 0.25) is 0 Å². The van der Waals surface area contributed by atoms with E-state index in [0.717, 1.165) is 6.07 Å². The molecule has 0 radical (unpaired) electrons. The Morgan fingerprint density at radius 1 is 1.25 bits per heavy atom. The van der Waals surface area contributed by atoms with Crippen molar-refractivity contribution in [3.63, 3.8) is 0 Å². The second-order valence-electron chi connectivity index (χ2n) is 5.10. The van der Waals surface area contributed by atoms with Crippen LogP contribution in [0.25, 0.3) is 0 Å². The van der Waals surface area contributed by atoms with Gasteiger partial charge in [-0.2, -0.15) is 0 Å². The van der Waals surface area contributed by atoms with E-state index in [2.05, 4.69) is 5.32 Å². The molecule has 0 aliphatic heterocycles. The van der Waals surface area contributed by atoms with E-state index in [4.69, 9.17) is 5.11 Å². The molecule has 0 aromatic heterocycles. The van der Waals surface area contributed by atoms with Crippen molar-refractivity contribution < 1.29 is 23.5 Å². The molecule has 108 valence electrons. The van der Waals surface area contributed by atoms with Crippen LogP contribution in [-0.4, -0.2) is 23.0 Å². The molecule has 20 heavy (non-hydrogen) atoms. The van der Waals surface area contributed by atoms with Gasteiger partial charge >= 0.3 is 5.97 Å². The standard InChI is InChI=1S/C14H15F2NO3/c1-7-4-10(12(16)6-11(7)15)13(18)17-9-3-2-8(5-9)14(19)20/h4,6,8-9H,2-3,5H2,1H3,(H,17,18)(H,19,20). The first kappa shape index (κ1) is 14.4. The number of hydrogen-bond acceptors (Lipinski definition) is 2. The highest BCUT2D eigenvalue weighted by Crippen LogP contribution is 2.26. The Kier molecular flexibility index (Phi) is 4.01. The Bertz CT molecular complexity index is 560. The van der Waals surface area contributed by atoms with Crippen molar-refractivity contribution >= 4 is 11.9 Å². The quantitative estimate of drug-likeness (QED) is 0.894. The summed E-state index contributed by atoms with van der Waals surface area (Å²) < 4.78 is 26.7. The molecule has 6 heteroatoms. The molecule has 1 aromatic rings. The average molecular weight is 283 g/mol. The first-order valence-corrected chi connectivity index (χ1v) is 6.37. The van der Waals surface area contributed by atoms with Crippen LogP contribution in [-0.2, 0) is 4.79 Å². The molecule has 0 spiro atoms. The summed E-state index contributed by atoms with van der Waals surface area (Å²) in [7, 11) is 0. The lowest BCUT2D eigenvalue weighted by molar-refractivity contribution is -0.141. The van der Waals surface area contributed by atoms with Gasteiger partial charge in [-0.1, -0.05) is 0 Å². The molecule has 0 heterocycles. The predicted octanol–water partition coefficient (Wildman–Crippen LogP) is 2.26. The molecule has 4 nitrogen and oxygen atoms in total. The highest BCUT2D eigenvalue weighted by molar-refractivity contribution is 5.95. The molecule has 1 aliphatic carbocycles. The van der Waals surface area contributed by atoms with Crippen LogP contribution in [0.5, 0.6) is 0 Å². The molecule has 1 aliphatic rings. The van der Waals surface area contributed by atoms with Gasteiger partial charge in [0.15, 0.2) is 0 Å². The maximum atomic E-state index is 13.6. The second kappa shape index (κ2) is 5.56. The average Bonchev–Trinajstić information content (AvgIpc) is 2.82. The van der Waals surface area contributed by atoms with E-state index in [0.29, 0.717) is 25.3 Å². The summed E-state index contributed by atoms with van der Waals surface area (Å²) >= 11 is 0. The Hall–Kier alpha value is -1.98. The zero-order chi connectivity index (χ0) is 14.9. The normalized spacial score (nSPS) is 21.8. The molecular weight excluding hydrogens is 268 g/mol. The maximum Gasteiger partial charge on any atom is 0.306 e. The first-order chi connectivity index (χ1) is 9.38. The topological polar surface area (TPSA) is 66.4 Å². The minimum absolute atomic E-state index is 0.186. The Balaban J connectivity index is 2.06. The molecule has 1 aromatic carbocycles. The van der Waals surface area contributed by atoms with Gasteiger partial charge in [-0.25, -0.2) is 8.78 Å². The second-order valence-corrected chi connectivity index (χ2v) is 5.10. The molecule has 2 unspecified atom stereocenters. The van der Waals surface area contributed by atoms with Gasteiger partial charge in [0.25, 0.3) is 5.91 Å². The molecule has 0 saturated heterocycles. The minimum atomic E-state index is -0.918. The highest BCUT2D eigenvalue weighted by atomic mass is 19.1. The fraction of sp³-hybridized carbons (Fsp3) is 0.429. The first-order valence-electron chi connectivity index (χ1n) is 6.37. The van der Waals surface area contributed by atoms with Gasteiger partial charge < -0.3 is 10.4 Å². The van der Waals surface area contributed by atoms with Crippen molar-refractivity contribution in [3.05, 3.63) is 34.9 Å².